The minimum Gasteiger partial charge on any atom is -0.481 e. The van der Waals surface area contributed by atoms with Gasteiger partial charge in [-0.1, -0.05) is 11.6 Å². The summed E-state index contributed by atoms with van der Waals surface area (Å²) in [5, 5.41) is 11.4. The van der Waals surface area contributed by atoms with E-state index in [0.717, 1.165) is 6.07 Å². The van der Waals surface area contributed by atoms with E-state index in [4.69, 9.17) is 21.6 Å². The molecule has 0 aliphatic rings. The number of hydrogen-bond acceptors (Lipinski definition) is 3. The first-order valence-corrected chi connectivity index (χ1v) is 6.80. The van der Waals surface area contributed by atoms with Crippen LogP contribution in [0.5, 0.6) is 5.75 Å². The molecule has 2 aromatic rings. The van der Waals surface area contributed by atoms with Gasteiger partial charge in [-0.2, -0.15) is 5.26 Å². The van der Waals surface area contributed by atoms with Crippen molar-refractivity contribution in [2.75, 3.05) is 5.32 Å². The van der Waals surface area contributed by atoms with E-state index in [1.54, 1.807) is 31.2 Å². The van der Waals surface area contributed by atoms with Crippen molar-refractivity contribution in [1.82, 2.24) is 0 Å². The van der Waals surface area contributed by atoms with Gasteiger partial charge in [0.1, 0.15) is 11.6 Å². The van der Waals surface area contributed by atoms with E-state index < -0.39 is 17.8 Å². The van der Waals surface area contributed by atoms with Crippen LogP contribution in [0.4, 0.5) is 10.1 Å². The van der Waals surface area contributed by atoms with Crippen molar-refractivity contribution in [3.05, 3.63) is 58.9 Å². The number of amides is 1. The fourth-order valence-corrected chi connectivity index (χ4v) is 1.85. The molecule has 2 rings (SSSR count). The molecule has 0 saturated carbocycles. The quantitative estimate of drug-likeness (QED) is 0.933. The fraction of sp³-hybridized carbons (Fsp3) is 0.125. The first-order valence-electron chi connectivity index (χ1n) is 6.42. The predicted molar refractivity (Wildman–Crippen MR) is 81.3 cm³/mol. The average Bonchev–Trinajstić information content (AvgIpc) is 2.50. The summed E-state index contributed by atoms with van der Waals surface area (Å²) in [6, 6.07) is 12.3. The topological polar surface area (TPSA) is 62.1 Å². The Morgan fingerprint density at radius 1 is 1.32 bits per heavy atom. The Balaban J connectivity index is 2.01. The summed E-state index contributed by atoms with van der Waals surface area (Å²) in [5.41, 5.74) is 0.525. The van der Waals surface area contributed by atoms with Crippen molar-refractivity contribution < 1.29 is 13.9 Å². The summed E-state index contributed by atoms with van der Waals surface area (Å²) < 4.78 is 19.1. The molecule has 0 fully saturated rings. The van der Waals surface area contributed by atoms with Gasteiger partial charge in [0.05, 0.1) is 17.3 Å². The third-order valence-electron chi connectivity index (χ3n) is 2.85. The molecule has 0 aromatic heterocycles. The monoisotopic (exact) mass is 318 g/mol. The zero-order valence-corrected chi connectivity index (χ0v) is 12.4. The highest BCUT2D eigenvalue weighted by atomic mass is 35.5. The number of halogens is 2. The second kappa shape index (κ2) is 6.92. The minimum absolute atomic E-state index is 0.0321. The Bertz CT molecular complexity index is 726. The Morgan fingerprint density at radius 2 is 2.00 bits per heavy atom. The maximum atomic E-state index is 13.6. The average molecular weight is 319 g/mol. The smallest absolute Gasteiger partial charge is 0.265 e. The number of nitrogens with one attached hydrogen (secondary N) is 1. The molecule has 0 saturated heterocycles. The molecule has 112 valence electrons. The second-order valence-corrected chi connectivity index (χ2v) is 4.95. The minimum atomic E-state index is -0.831. The SMILES string of the molecule is C[C@H](Oc1ccc(C#N)cc1)C(=O)Nc1ccc(Cl)cc1F. The number of carbonyl (C=O) groups excluding carboxylic acids is 1. The Morgan fingerprint density at radius 3 is 2.59 bits per heavy atom. The second-order valence-electron chi connectivity index (χ2n) is 4.51. The van der Waals surface area contributed by atoms with E-state index in [1.807, 2.05) is 6.07 Å². The molecule has 0 heterocycles. The van der Waals surface area contributed by atoms with Crippen molar-refractivity contribution in [3.63, 3.8) is 0 Å². The molecule has 1 atom stereocenters. The van der Waals surface area contributed by atoms with Gasteiger partial charge in [0.2, 0.25) is 0 Å². The van der Waals surface area contributed by atoms with Gasteiger partial charge >= 0.3 is 0 Å². The molecule has 0 aliphatic carbocycles. The first kappa shape index (κ1) is 15.8. The molecule has 2 aromatic carbocycles. The van der Waals surface area contributed by atoms with Crippen LogP contribution in [0, 0.1) is 17.1 Å². The molecule has 0 bridgehead atoms. The number of rotatable bonds is 4. The van der Waals surface area contributed by atoms with Gasteiger partial charge in [0, 0.05) is 5.02 Å². The van der Waals surface area contributed by atoms with Gasteiger partial charge in [0.15, 0.2) is 6.10 Å². The fourth-order valence-electron chi connectivity index (χ4n) is 1.69. The summed E-state index contributed by atoms with van der Waals surface area (Å²) >= 11 is 5.65. The van der Waals surface area contributed by atoms with Crippen molar-refractivity contribution in [2.45, 2.75) is 13.0 Å². The number of anilines is 1. The molecular weight excluding hydrogens is 307 g/mol. The molecule has 6 heteroatoms. The maximum absolute atomic E-state index is 13.6. The molecule has 0 radical (unpaired) electrons. The number of carbonyl (C=O) groups is 1. The molecule has 22 heavy (non-hydrogen) atoms. The van der Waals surface area contributed by atoms with Crippen LogP contribution in [0.15, 0.2) is 42.5 Å². The standard InChI is InChI=1S/C16H12ClFN2O2/c1-10(22-13-5-2-11(9-19)3-6-13)16(21)20-15-7-4-12(17)8-14(15)18/h2-8,10H,1H3,(H,20,21)/t10-/m0/s1. The normalized spacial score (nSPS) is 11.4. The Kier molecular flexibility index (Phi) is 4.97. The summed E-state index contributed by atoms with van der Waals surface area (Å²) in [6.07, 6.45) is -0.831. The molecule has 0 spiro atoms. The molecule has 1 amide bonds. The van der Waals surface area contributed by atoms with Crippen LogP contribution in [0.1, 0.15) is 12.5 Å². The van der Waals surface area contributed by atoms with E-state index in [2.05, 4.69) is 5.32 Å². The summed E-state index contributed by atoms with van der Waals surface area (Å²) in [5.74, 6) is -0.671. The number of nitrogens with zero attached hydrogens (tertiary/aromatic N) is 1. The molecular formula is C16H12ClFN2O2. The van der Waals surface area contributed by atoms with E-state index in [0.29, 0.717) is 11.3 Å². The highest BCUT2D eigenvalue weighted by Crippen LogP contribution is 2.20. The van der Waals surface area contributed by atoms with Gasteiger partial charge in [-0.3, -0.25) is 4.79 Å². The first-order chi connectivity index (χ1) is 10.5. The van der Waals surface area contributed by atoms with Crippen molar-refractivity contribution in [2.24, 2.45) is 0 Å². The number of nitriles is 1. The summed E-state index contributed by atoms with van der Waals surface area (Å²) in [6.45, 7) is 1.54. The van der Waals surface area contributed by atoms with Gasteiger partial charge in [-0.25, -0.2) is 4.39 Å². The van der Waals surface area contributed by atoms with E-state index in [9.17, 15) is 9.18 Å². The van der Waals surface area contributed by atoms with Gasteiger partial charge in [0.25, 0.3) is 5.91 Å². The van der Waals surface area contributed by atoms with Crippen LogP contribution in [-0.4, -0.2) is 12.0 Å². The Hall–Kier alpha value is -2.58. The van der Waals surface area contributed by atoms with Crippen molar-refractivity contribution in [3.8, 4) is 11.8 Å². The Labute approximate surface area is 132 Å². The van der Waals surface area contributed by atoms with Crippen LogP contribution in [0.2, 0.25) is 5.02 Å². The van der Waals surface area contributed by atoms with Crippen molar-refractivity contribution in [1.29, 1.82) is 5.26 Å². The van der Waals surface area contributed by atoms with Gasteiger partial charge in [-0.15, -0.1) is 0 Å². The van der Waals surface area contributed by atoms with Gasteiger partial charge < -0.3 is 10.1 Å². The number of hydrogen-bond donors (Lipinski definition) is 1. The maximum Gasteiger partial charge on any atom is 0.265 e. The lowest BCUT2D eigenvalue weighted by atomic mass is 10.2. The third kappa shape index (κ3) is 3.96. The summed E-state index contributed by atoms with van der Waals surface area (Å²) in [4.78, 5) is 12.0. The van der Waals surface area contributed by atoms with Crippen LogP contribution < -0.4 is 10.1 Å². The molecule has 0 aliphatic heterocycles. The lowest BCUT2D eigenvalue weighted by Crippen LogP contribution is -2.30. The van der Waals surface area contributed by atoms with Crippen LogP contribution in [0.3, 0.4) is 0 Å². The van der Waals surface area contributed by atoms with Crippen LogP contribution >= 0.6 is 11.6 Å². The predicted octanol–water partition coefficient (Wildman–Crippen LogP) is 3.76. The number of benzene rings is 2. The highest BCUT2D eigenvalue weighted by molar-refractivity contribution is 6.30. The van der Waals surface area contributed by atoms with Crippen LogP contribution in [-0.2, 0) is 4.79 Å². The van der Waals surface area contributed by atoms with E-state index in [1.165, 1.54) is 12.1 Å². The van der Waals surface area contributed by atoms with E-state index >= 15 is 0 Å². The van der Waals surface area contributed by atoms with Gasteiger partial charge in [-0.05, 0) is 49.4 Å². The summed E-state index contributed by atoms with van der Waals surface area (Å²) in [7, 11) is 0. The molecule has 0 unspecified atom stereocenters. The largest absolute Gasteiger partial charge is 0.481 e. The molecule has 1 N–H and O–H groups in total. The zero-order valence-electron chi connectivity index (χ0n) is 11.6. The number of ether oxygens (including phenoxy) is 1. The zero-order chi connectivity index (χ0) is 16.1. The lowest BCUT2D eigenvalue weighted by molar-refractivity contribution is -0.122. The molecule has 4 nitrogen and oxygen atoms in total. The van der Waals surface area contributed by atoms with E-state index in [-0.39, 0.29) is 10.7 Å². The van der Waals surface area contributed by atoms with Crippen molar-refractivity contribution >= 4 is 23.2 Å². The highest BCUT2D eigenvalue weighted by Gasteiger charge is 2.16. The van der Waals surface area contributed by atoms with Crippen LogP contribution in [0.25, 0.3) is 0 Å². The third-order valence-corrected chi connectivity index (χ3v) is 3.09. The lowest BCUT2D eigenvalue weighted by Gasteiger charge is -2.15.